The largest absolute Gasteiger partial charge is 0.497 e. The predicted octanol–water partition coefficient (Wildman–Crippen LogP) is 2.38. The number of ether oxygens (including phenoxy) is 2. The third kappa shape index (κ3) is 6.89. The molecular formula is C22H26N2O7S. The molecule has 0 aromatic heterocycles. The molecule has 9 nitrogen and oxygen atoms in total. The zero-order valence-electron chi connectivity index (χ0n) is 18.2. The van der Waals surface area contributed by atoms with Gasteiger partial charge in [-0.15, -0.1) is 0 Å². The number of carbonyl (C=O) groups is 3. The molecule has 0 unspecified atom stereocenters. The van der Waals surface area contributed by atoms with Gasteiger partial charge in [0.1, 0.15) is 11.8 Å². The molecule has 2 aromatic carbocycles. The highest BCUT2D eigenvalue weighted by atomic mass is 32.2. The molecule has 1 amide bonds. The summed E-state index contributed by atoms with van der Waals surface area (Å²) in [5.74, 6) is -1.50. The minimum absolute atomic E-state index is 0.0351. The van der Waals surface area contributed by atoms with Gasteiger partial charge in [-0.1, -0.05) is 13.8 Å². The highest BCUT2D eigenvalue weighted by Gasteiger charge is 2.30. The Morgan fingerprint density at radius 1 is 0.969 bits per heavy atom. The minimum atomic E-state index is -4.01. The van der Waals surface area contributed by atoms with E-state index in [9.17, 15) is 22.8 Å². The molecular weight excluding hydrogens is 436 g/mol. The molecule has 0 saturated carbocycles. The number of anilines is 1. The molecule has 0 radical (unpaired) electrons. The van der Waals surface area contributed by atoms with E-state index in [1.54, 1.807) is 26.0 Å². The first kappa shape index (κ1) is 25.0. The van der Waals surface area contributed by atoms with Crippen LogP contribution in [0.25, 0.3) is 0 Å². The quantitative estimate of drug-likeness (QED) is 0.410. The lowest BCUT2D eigenvalue weighted by Gasteiger charge is -2.20. The van der Waals surface area contributed by atoms with Gasteiger partial charge < -0.3 is 14.8 Å². The molecule has 0 saturated heterocycles. The molecule has 0 aliphatic rings. The molecule has 0 aliphatic carbocycles. The van der Waals surface area contributed by atoms with Crippen LogP contribution in [-0.2, 0) is 24.3 Å². The van der Waals surface area contributed by atoms with Gasteiger partial charge in [-0.05, 0) is 54.4 Å². The van der Waals surface area contributed by atoms with Crippen molar-refractivity contribution in [3.63, 3.8) is 0 Å². The van der Waals surface area contributed by atoms with E-state index in [0.717, 1.165) is 0 Å². The second-order valence-corrected chi connectivity index (χ2v) is 9.02. The van der Waals surface area contributed by atoms with E-state index < -0.39 is 40.3 Å². The summed E-state index contributed by atoms with van der Waals surface area (Å²) in [7, 11) is -2.54. The normalized spacial score (nSPS) is 12.2. The maximum absolute atomic E-state index is 12.7. The molecule has 2 N–H and O–H groups in total. The van der Waals surface area contributed by atoms with E-state index in [4.69, 9.17) is 9.47 Å². The first-order chi connectivity index (χ1) is 15.0. The number of nitrogens with one attached hydrogen (secondary N) is 2. The molecule has 1 atom stereocenters. The topological polar surface area (TPSA) is 128 Å². The summed E-state index contributed by atoms with van der Waals surface area (Å²) < 4.78 is 37.8. The van der Waals surface area contributed by atoms with Crippen molar-refractivity contribution in [1.29, 1.82) is 0 Å². The number of hydrogen-bond donors (Lipinski definition) is 2. The number of amides is 1. The summed E-state index contributed by atoms with van der Waals surface area (Å²) in [4.78, 5) is 35.9. The molecule has 2 rings (SSSR count). The molecule has 2 aromatic rings. The number of esters is 1. The van der Waals surface area contributed by atoms with Crippen LogP contribution in [0.15, 0.2) is 53.4 Å². The van der Waals surface area contributed by atoms with Crippen LogP contribution in [0.3, 0.4) is 0 Å². The molecule has 0 fully saturated rings. The Kier molecular flexibility index (Phi) is 8.50. The second-order valence-electron chi connectivity index (χ2n) is 7.31. The molecule has 10 heteroatoms. The molecule has 0 heterocycles. The van der Waals surface area contributed by atoms with Crippen molar-refractivity contribution in [3.05, 3.63) is 54.1 Å². The van der Waals surface area contributed by atoms with Crippen molar-refractivity contribution in [2.75, 3.05) is 19.0 Å². The third-order valence-corrected chi connectivity index (χ3v) is 5.90. The van der Waals surface area contributed by atoms with Gasteiger partial charge in [0, 0.05) is 18.2 Å². The Balaban J connectivity index is 2.03. The molecule has 0 bridgehead atoms. The van der Waals surface area contributed by atoms with Crippen molar-refractivity contribution in [2.45, 2.75) is 31.7 Å². The van der Waals surface area contributed by atoms with Crippen LogP contribution in [0, 0.1) is 5.92 Å². The fraction of sp³-hybridized carbons (Fsp3) is 0.318. The zero-order valence-corrected chi connectivity index (χ0v) is 19.1. The zero-order chi connectivity index (χ0) is 23.9. The van der Waals surface area contributed by atoms with Gasteiger partial charge in [-0.2, -0.15) is 4.72 Å². The van der Waals surface area contributed by atoms with Crippen LogP contribution in [0.4, 0.5) is 5.69 Å². The second kappa shape index (κ2) is 10.9. The molecule has 0 aliphatic heterocycles. The third-order valence-electron chi connectivity index (χ3n) is 4.45. The summed E-state index contributed by atoms with van der Waals surface area (Å²) in [6, 6.07) is 10.6. The minimum Gasteiger partial charge on any atom is -0.497 e. The average molecular weight is 463 g/mol. The van der Waals surface area contributed by atoms with E-state index in [-0.39, 0.29) is 16.4 Å². The van der Waals surface area contributed by atoms with Crippen LogP contribution in [0.2, 0.25) is 0 Å². The lowest BCUT2D eigenvalue weighted by atomic mass is 10.1. The number of rotatable bonds is 10. The van der Waals surface area contributed by atoms with E-state index >= 15 is 0 Å². The highest BCUT2D eigenvalue weighted by Crippen LogP contribution is 2.17. The number of carbonyl (C=O) groups excluding carboxylic acids is 3. The molecule has 32 heavy (non-hydrogen) atoms. The van der Waals surface area contributed by atoms with Gasteiger partial charge in [0.25, 0.3) is 0 Å². The number of sulfonamides is 1. The summed E-state index contributed by atoms with van der Waals surface area (Å²) >= 11 is 0. The monoisotopic (exact) mass is 462 g/mol. The Morgan fingerprint density at radius 3 is 2.06 bits per heavy atom. The van der Waals surface area contributed by atoms with E-state index in [1.165, 1.54) is 50.4 Å². The van der Waals surface area contributed by atoms with Crippen LogP contribution < -0.4 is 14.8 Å². The van der Waals surface area contributed by atoms with Crippen molar-refractivity contribution in [2.24, 2.45) is 5.92 Å². The maximum Gasteiger partial charge on any atom is 0.324 e. The summed E-state index contributed by atoms with van der Waals surface area (Å²) in [6.45, 7) is 4.13. The number of Topliss-reactive ketones (excluding diaryl/α,β-unsaturated/α-hetero) is 1. The summed E-state index contributed by atoms with van der Waals surface area (Å²) in [5.41, 5.74) is 0.811. The smallest absolute Gasteiger partial charge is 0.324 e. The molecule has 0 spiro atoms. The van der Waals surface area contributed by atoms with E-state index in [2.05, 4.69) is 10.0 Å². The Labute approximate surface area is 187 Å². The average Bonchev–Trinajstić information content (AvgIpc) is 2.75. The van der Waals surface area contributed by atoms with Crippen LogP contribution in [-0.4, -0.2) is 45.8 Å². The van der Waals surface area contributed by atoms with Gasteiger partial charge in [-0.3, -0.25) is 14.4 Å². The lowest BCUT2D eigenvalue weighted by molar-refractivity contribution is -0.145. The van der Waals surface area contributed by atoms with Crippen LogP contribution >= 0.6 is 0 Å². The SMILES string of the molecule is COc1ccc(S(=O)(=O)N[C@H](C(=O)OCC(=O)c2ccc(NC(C)=O)cc2)C(C)C)cc1. The summed E-state index contributed by atoms with van der Waals surface area (Å²) in [5, 5.41) is 2.58. The van der Waals surface area contributed by atoms with Crippen molar-refractivity contribution >= 4 is 33.4 Å². The summed E-state index contributed by atoms with van der Waals surface area (Å²) in [6.07, 6.45) is 0. The fourth-order valence-electron chi connectivity index (χ4n) is 2.70. The highest BCUT2D eigenvalue weighted by molar-refractivity contribution is 7.89. The molecule has 172 valence electrons. The van der Waals surface area contributed by atoms with Crippen LogP contribution in [0.1, 0.15) is 31.1 Å². The fourth-order valence-corrected chi connectivity index (χ4v) is 4.03. The Bertz CT molecular complexity index is 1060. The van der Waals surface area contributed by atoms with Gasteiger partial charge in [0.15, 0.2) is 12.4 Å². The first-order valence-electron chi connectivity index (χ1n) is 9.77. The van der Waals surface area contributed by atoms with E-state index in [1.807, 2.05) is 0 Å². The van der Waals surface area contributed by atoms with Crippen molar-refractivity contribution in [1.82, 2.24) is 4.72 Å². The first-order valence-corrected chi connectivity index (χ1v) is 11.3. The van der Waals surface area contributed by atoms with E-state index in [0.29, 0.717) is 11.4 Å². The van der Waals surface area contributed by atoms with Crippen LogP contribution in [0.5, 0.6) is 5.75 Å². The number of benzene rings is 2. The van der Waals surface area contributed by atoms with Crippen molar-refractivity contribution in [3.8, 4) is 5.75 Å². The Hall–Kier alpha value is -3.24. The number of methoxy groups -OCH3 is 1. The Morgan fingerprint density at radius 2 is 1.56 bits per heavy atom. The van der Waals surface area contributed by atoms with Gasteiger partial charge in [0.2, 0.25) is 15.9 Å². The van der Waals surface area contributed by atoms with Gasteiger partial charge in [-0.25, -0.2) is 8.42 Å². The standard InChI is InChI=1S/C22H26N2O7S/c1-14(2)21(24-32(28,29)19-11-9-18(30-4)10-12-19)22(27)31-13-20(26)16-5-7-17(8-6-16)23-15(3)25/h5-12,14,21,24H,13H2,1-4H3,(H,23,25)/t21-/m0/s1. The lowest BCUT2D eigenvalue weighted by Crippen LogP contribution is -2.45. The number of ketones is 1. The van der Waals surface area contributed by atoms with Gasteiger partial charge in [0.05, 0.1) is 12.0 Å². The van der Waals surface area contributed by atoms with Crippen molar-refractivity contribution < 1.29 is 32.3 Å². The maximum atomic E-state index is 12.7. The number of hydrogen-bond acceptors (Lipinski definition) is 7. The van der Waals surface area contributed by atoms with Gasteiger partial charge >= 0.3 is 5.97 Å². The predicted molar refractivity (Wildman–Crippen MR) is 118 cm³/mol.